The van der Waals surface area contributed by atoms with Crippen molar-refractivity contribution < 1.29 is 4.74 Å². The van der Waals surface area contributed by atoms with Crippen LogP contribution in [-0.2, 0) is 0 Å². The van der Waals surface area contributed by atoms with Crippen molar-refractivity contribution in [3.8, 4) is 5.75 Å². The van der Waals surface area contributed by atoms with E-state index < -0.39 is 0 Å². The highest BCUT2D eigenvalue weighted by molar-refractivity contribution is 5.57. The highest BCUT2D eigenvalue weighted by atomic mass is 16.5. The standard InChI is InChI=1S/C17H23N5O/c1-2-23-15-10-8-14(9-11-15)19-16-12-18-22-17(21-16)20-13-6-4-3-5-7-13/h8-13H,2-7H2,1H3,(H2,19,20,21,22). The Balaban J connectivity index is 1.62. The van der Waals surface area contributed by atoms with Crippen LogP contribution in [0.3, 0.4) is 0 Å². The van der Waals surface area contributed by atoms with Crippen LogP contribution in [-0.4, -0.2) is 27.8 Å². The molecule has 6 heteroatoms. The lowest BCUT2D eigenvalue weighted by atomic mass is 9.96. The molecule has 0 bridgehead atoms. The molecular formula is C17H23N5O. The minimum Gasteiger partial charge on any atom is -0.494 e. The van der Waals surface area contributed by atoms with Gasteiger partial charge in [0, 0.05) is 11.7 Å². The molecule has 0 amide bonds. The number of nitrogens with zero attached hydrogens (tertiary/aromatic N) is 3. The van der Waals surface area contributed by atoms with Crippen molar-refractivity contribution in [1.29, 1.82) is 0 Å². The summed E-state index contributed by atoms with van der Waals surface area (Å²) in [5, 5.41) is 14.7. The summed E-state index contributed by atoms with van der Waals surface area (Å²) in [4.78, 5) is 4.49. The Morgan fingerprint density at radius 3 is 2.65 bits per heavy atom. The van der Waals surface area contributed by atoms with E-state index in [0.29, 0.717) is 24.4 Å². The lowest BCUT2D eigenvalue weighted by Gasteiger charge is -2.22. The topological polar surface area (TPSA) is 72.0 Å². The molecule has 1 aromatic heterocycles. The third-order valence-electron chi connectivity index (χ3n) is 3.93. The second-order valence-electron chi connectivity index (χ2n) is 5.73. The number of ether oxygens (including phenoxy) is 1. The van der Waals surface area contributed by atoms with Crippen molar-refractivity contribution in [1.82, 2.24) is 15.2 Å². The fourth-order valence-corrected chi connectivity index (χ4v) is 2.80. The molecule has 0 atom stereocenters. The van der Waals surface area contributed by atoms with Crippen LogP contribution in [0.2, 0.25) is 0 Å². The average Bonchev–Trinajstić information content (AvgIpc) is 2.58. The molecule has 1 heterocycles. The molecule has 6 nitrogen and oxygen atoms in total. The highest BCUT2D eigenvalue weighted by Crippen LogP contribution is 2.21. The van der Waals surface area contributed by atoms with Crippen molar-refractivity contribution in [3.63, 3.8) is 0 Å². The molecule has 2 N–H and O–H groups in total. The Labute approximate surface area is 136 Å². The van der Waals surface area contributed by atoms with Gasteiger partial charge in [0.2, 0.25) is 5.95 Å². The zero-order chi connectivity index (χ0) is 15.9. The van der Waals surface area contributed by atoms with E-state index in [-0.39, 0.29) is 0 Å². The number of hydrogen-bond donors (Lipinski definition) is 2. The molecule has 0 unspecified atom stereocenters. The van der Waals surface area contributed by atoms with Gasteiger partial charge in [-0.2, -0.15) is 10.1 Å². The Morgan fingerprint density at radius 1 is 1.13 bits per heavy atom. The predicted molar refractivity (Wildman–Crippen MR) is 91.2 cm³/mol. The first-order valence-electron chi connectivity index (χ1n) is 8.29. The van der Waals surface area contributed by atoms with Crippen LogP contribution in [0.25, 0.3) is 0 Å². The molecular weight excluding hydrogens is 290 g/mol. The summed E-state index contributed by atoms with van der Waals surface area (Å²) in [6, 6.07) is 8.25. The van der Waals surface area contributed by atoms with Crippen molar-refractivity contribution in [2.45, 2.75) is 45.1 Å². The average molecular weight is 313 g/mol. The first kappa shape index (κ1) is 15.5. The Kier molecular flexibility index (Phi) is 5.24. The minimum atomic E-state index is 0.464. The smallest absolute Gasteiger partial charge is 0.244 e. The summed E-state index contributed by atoms with van der Waals surface area (Å²) in [6.07, 6.45) is 7.86. The third-order valence-corrected chi connectivity index (χ3v) is 3.93. The monoisotopic (exact) mass is 313 g/mol. The van der Waals surface area contributed by atoms with E-state index in [4.69, 9.17) is 4.74 Å². The number of nitrogens with one attached hydrogen (secondary N) is 2. The van der Waals surface area contributed by atoms with Gasteiger partial charge in [-0.15, -0.1) is 5.10 Å². The molecule has 1 aromatic carbocycles. The van der Waals surface area contributed by atoms with Gasteiger partial charge in [0.15, 0.2) is 5.82 Å². The number of benzene rings is 1. The summed E-state index contributed by atoms with van der Waals surface area (Å²) in [5.74, 6) is 2.13. The Morgan fingerprint density at radius 2 is 1.91 bits per heavy atom. The SMILES string of the molecule is CCOc1ccc(Nc2cnnc(NC3CCCCC3)n2)cc1. The molecule has 3 rings (SSSR count). The zero-order valence-corrected chi connectivity index (χ0v) is 13.5. The number of aromatic nitrogens is 3. The van der Waals surface area contributed by atoms with Gasteiger partial charge in [-0.05, 0) is 44.0 Å². The van der Waals surface area contributed by atoms with Crippen molar-refractivity contribution >= 4 is 17.5 Å². The fourth-order valence-electron chi connectivity index (χ4n) is 2.80. The molecule has 23 heavy (non-hydrogen) atoms. The normalized spacial score (nSPS) is 15.2. The number of hydrogen-bond acceptors (Lipinski definition) is 6. The molecule has 1 aliphatic carbocycles. The van der Waals surface area contributed by atoms with E-state index in [1.165, 1.54) is 32.1 Å². The largest absolute Gasteiger partial charge is 0.494 e. The maximum Gasteiger partial charge on any atom is 0.244 e. The van der Waals surface area contributed by atoms with Crippen molar-refractivity contribution in [2.75, 3.05) is 17.2 Å². The summed E-state index contributed by atoms with van der Waals surface area (Å²) in [7, 11) is 0. The van der Waals surface area contributed by atoms with Crippen LogP contribution in [0.15, 0.2) is 30.5 Å². The van der Waals surface area contributed by atoms with E-state index in [1.54, 1.807) is 6.20 Å². The van der Waals surface area contributed by atoms with E-state index in [1.807, 2.05) is 31.2 Å². The van der Waals surface area contributed by atoms with Crippen LogP contribution in [0, 0.1) is 0 Å². The van der Waals surface area contributed by atoms with Gasteiger partial charge in [0.05, 0.1) is 12.8 Å². The van der Waals surface area contributed by atoms with Gasteiger partial charge in [-0.1, -0.05) is 19.3 Å². The van der Waals surface area contributed by atoms with E-state index in [9.17, 15) is 0 Å². The van der Waals surface area contributed by atoms with Gasteiger partial charge in [-0.3, -0.25) is 0 Å². The van der Waals surface area contributed by atoms with Gasteiger partial charge < -0.3 is 15.4 Å². The van der Waals surface area contributed by atoms with Gasteiger partial charge in [0.25, 0.3) is 0 Å². The van der Waals surface area contributed by atoms with Crippen LogP contribution in [0.5, 0.6) is 5.75 Å². The molecule has 2 aromatic rings. The predicted octanol–water partition coefficient (Wildman–Crippen LogP) is 3.76. The molecule has 1 saturated carbocycles. The summed E-state index contributed by atoms with van der Waals surface area (Å²) in [5.41, 5.74) is 0.942. The quantitative estimate of drug-likeness (QED) is 0.846. The minimum absolute atomic E-state index is 0.464. The van der Waals surface area contributed by atoms with E-state index in [2.05, 4.69) is 25.8 Å². The second-order valence-corrected chi connectivity index (χ2v) is 5.73. The van der Waals surface area contributed by atoms with Crippen LogP contribution < -0.4 is 15.4 Å². The first-order chi connectivity index (χ1) is 11.3. The maximum absolute atomic E-state index is 5.44. The van der Waals surface area contributed by atoms with Crippen molar-refractivity contribution in [2.24, 2.45) is 0 Å². The Hall–Kier alpha value is -2.37. The highest BCUT2D eigenvalue weighted by Gasteiger charge is 2.14. The molecule has 0 spiro atoms. The first-order valence-corrected chi connectivity index (χ1v) is 8.29. The summed E-state index contributed by atoms with van der Waals surface area (Å²) >= 11 is 0. The zero-order valence-electron chi connectivity index (χ0n) is 13.5. The summed E-state index contributed by atoms with van der Waals surface area (Å²) < 4.78 is 5.44. The van der Waals surface area contributed by atoms with E-state index in [0.717, 1.165) is 11.4 Å². The molecule has 0 aliphatic heterocycles. The van der Waals surface area contributed by atoms with Gasteiger partial charge in [-0.25, -0.2) is 0 Å². The van der Waals surface area contributed by atoms with Crippen LogP contribution in [0.4, 0.5) is 17.5 Å². The van der Waals surface area contributed by atoms with Crippen LogP contribution in [0.1, 0.15) is 39.0 Å². The molecule has 1 aliphatic rings. The van der Waals surface area contributed by atoms with Gasteiger partial charge >= 0.3 is 0 Å². The van der Waals surface area contributed by atoms with E-state index >= 15 is 0 Å². The molecule has 122 valence electrons. The fraction of sp³-hybridized carbons (Fsp3) is 0.471. The number of rotatable bonds is 6. The van der Waals surface area contributed by atoms with Crippen molar-refractivity contribution in [3.05, 3.63) is 30.5 Å². The lowest BCUT2D eigenvalue weighted by Crippen LogP contribution is -2.23. The molecule has 0 radical (unpaired) electrons. The Bertz CT molecular complexity index is 611. The van der Waals surface area contributed by atoms with Gasteiger partial charge in [0.1, 0.15) is 5.75 Å². The summed E-state index contributed by atoms with van der Waals surface area (Å²) in [6.45, 7) is 2.64. The lowest BCUT2D eigenvalue weighted by molar-refractivity contribution is 0.340. The molecule has 1 fully saturated rings. The third kappa shape index (κ3) is 4.55. The second kappa shape index (κ2) is 7.76. The molecule has 0 saturated heterocycles. The van der Waals surface area contributed by atoms with Crippen LogP contribution >= 0.6 is 0 Å². The number of anilines is 3. The maximum atomic E-state index is 5.44.